The number of anilines is 1. The summed E-state index contributed by atoms with van der Waals surface area (Å²) in [7, 11) is 0. The van der Waals surface area contributed by atoms with Crippen molar-refractivity contribution in [2.45, 2.75) is 25.7 Å². The first kappa shape index (κ1) is 30.1. The fourth-order valence-electron chi connectivity index (χ4n) is 4.39. The molecule has 0 aromatic heterocycles. The van der Waals surface area contributed by atoms with Gasteiger partial charge < -0.3 is 24.8 Å². The van der Waals surface area contributed by atoms with Crippen LogP contribution in [0.25, 0.3) is 0 Å². The molecule has 7 nitrogen and oxygen atoms in total. The van der Waals surface area contributed by atoms with E-state index in [1.54, 1.807) is 24.3 Å². The smallest absolute Gasteiger partial charge is 0.249 e. The van der Waals surface area contributed by atoms with Gasteiger partial charge in [-0.1, -0.05) is 91.0 Å². The highest BCUT2D eigenvalue weighted by atomic mass is 16.5. The molecule has 222 valence electrons. The highest BCUT2D eigenvalue weighted by Crippen LogP contribution is 2.23. The monoisotopic (exact) mass is 586 g/mol. The summed E-state index contributed by atoms with van der Waals surface area (Å²) in [6.45, 7) is 0.785. The second-order valence-electron chi connectivity index (χ2n) is 10.1. The van der Waals surface area contributed by atoms with Crippen molar-refractivity contribution < 1.29 is 23.8 Å². The average Bonchev–Trinajstić information content (AvgIpc) is 3.06. The summed E-state index contributed by atoms with van der Waals surface area (Å²) in [6.07, 6.45) is 0.104. The lowest BCUT2D eigenvalue weighted by Crippen LogP contribution is -2.47. The van der Waals surface area contributed by atoms with Gasteiger partial charge in [0, 0.05) is 5.69 Å². The number of rotatable bonds is 14. The zero-order valence-electron chi connectivity index (χ0n) is 24.2. The summed E-state index contributed by atoms with van der Waals surface area (Å²) >= 11 is 0. The molecule has 44 heavy (non-hydrogen) atoms. The van der Waals surface area contributed by atoms with Crippen molar-refractivity contribution in [2.75, 3.05) is 11.9 Å². The first-order chi connectivity index (χ1) is 21.6. The second-order valence-corrected chi connectivity index (χ2v) is 10.1. The third-order valence-electron chi connectivity index (χ3n) is 6.68. The maximum absolute atomic E-state index is 13.3. The quantitative estimate of drug-likeness (QED) is 0.147. The first-order valence-corrected chi connectivity index (χ1v) is 14.4. The highest BCUT2D eigenvalue weighted by Gasteiger charge is 2.22. The fraction of sp³-hybridized carbons (Fsp3) is 0.135. The fourth-order valence-corrected chi connectivity index (χ4v) is 4.39. The van der Waals surface area contributed by atoms with Crippen LogP contribution >= 0.6 is 0 Å². The summed E-state index contributed by atoms with van der Waals surface area (Å²) in [4.78, 5) is 26.3. The molecule has 0 saturated heterocycles. The molecule has 0 spiro atoms. The zero-order chi connectivity index (χ0) is 30.4. The van der Waals surface area contributed by atoms with Gasteiger partial charge in [-0.05, 0) is 65.2 Å². The van der Waals surface area contributed by atoms with Crippen LogP contribution in [-0.4, -0.2) is 24.5 Å². The van der Waals surface area contributed by atoms with E-state index in [4.69, 9.17) is 14.2 Å². The van der Waals surface area contributed by atoms with Gasteiger partial charge in [-0.15, -0.1) is 0 Å². The molecular formula is C37H34N2O5. The SMILES string of the molecule is O=C(Cc1ccc(OCc2ccccc2)cc1)NC(COCc1ccccc1)C(=O)Nc1ccc(Oc2ccccc2)cc1. The van der Waals surface area contributed by atoms with Gasteiger partial charge in [-0.25, -0.2) is 0 Å². The molecule has 1 atom stereocenters. The lowest BCUT2D eigenvalue weighted by Gasteiger charge is -2.19. The van der Waals surface area contributed by atoms with Crippen LogP contribution in [0.4, 0.5) is 5.69 Å². The van der Waals surface area contributed by atoms with E-state index in [9.17, 15) is 9.59 Å². The van der Waals surface area contributed by atoms with Gasteiger partial charge in [0.25, 0.3) is 0 Å². The molecule has 5 rings (SSSR count). The minimum atomic E-state index is -0.903. The molecule has 0 aliphatic heterocycles. The number of carbonyl (C=O) groups is 2. The average molecular weight is 587 g/mol. The molecule has 0 fully saturated rings. The van der Waals surface area contributed by atoms with Crippen molar-refractivity contribution >= 4 is 17.5 Å². The van der Waals surface area contributed by atoms with Gasteiger partial charge in [0.2, 0.25) is 11.8 Å². The van der Waals surface area contributed by atoms with Crippen molar-refractivity contribution in [1.82, 2.24) is 5.32 Å². The molecule has 0 aliphatic rings. The van der Waals surface area contributed by atoms with Crippen LogP contribution in [0.1, 0.15) is 16.7 Å². The Morgan fingerprint density at radius 2 is 1.11 bits per heavy atom. The van der Waals surface area contributed by atoms with Crippen LogP contribution in [0.2, 0.25) is 0 Å². The van der Waals surface area contributed by atoms with Crippen molar-refractivity contribution in [3.05, 3.63) is 156 Å². The topological polar surface area (TPSA) is 85.9 Å². The molecule has 2 N–H and O–H groups in total. The molecule has 7 heteroatoms. The molecule has 1 unspecified atom stereocenters. The van der Waals surface area contributed by atoms with Gasteiger partial charge in [-0.3, -0.25) is 9.59 Å². The summed E-state index contributed by atoms with van der Waals surface area (Å²) in [5, 5.41) is 5.73. The van der Waals surface area contributed by atoms with E-state index >= 15 is 0 Å². The van der Waals surface area contributed by atoms with Crippen LogP contribution in [0.3, 0.4) is 0 Å². The molecule has 5 aromatic carbocycles. The van der Waals surface area contributed by atoms with Crippen LogP contribution < -0.4 is 20.1 Å². The van der Waals surface area contributed by atoms with Crippen molar-refractivity contribution in [3.63, 3.8) is 0 Å². The molecule has 0 bridgehead atoms. The molecule has 5 aromatic rings. The Bertz CT molecular complexity index is 1590. The van der Waals surface area contributed by atoms with E-state index in [0.717, 1.165) is 22.4 Å². The lowest BCUT2D eigenvalue weighted by atomic mass is 10.1. The van der Waals surface area contributed by atoms with E-state index in [1.807, 2.05) is 115 Å². The number of para-hydroxylation sites is 1. The number of benzene rings is 5. The van der Waals surface area contributed by atoms with Crippen molar-refractivity contribution in [2.24, 2.45) is 0 Å². The third kappa shape index (κ3) is 9.58. The largest absolute Gasteiger partial charge is 0.489 e. The van der Waals surface area contributed by atoms with Crippen LogP contribution in [-0.2, 0) is 34.0 Å². The third-order valence-corrected chi connectivity index (χ3v) is 6.68. The molecule has 0 saturated carbocycles. The van der Waals surface area contributed by atoms with Crippen molar-refractivity contribution in [1.29, 1.82) is 0 Å². The Labute approximate surface area is 257 Å². The normalized spacial score (nSPS) is 11.3. The minimum absolute atomic E-state index is 0.00787. The van der Waals surface area contributed by atoms with Crippen LogP contribution in [0.5, 0.6) is 17.2 Å². The summed E-state index contributed by atoms with van der Waals surface area (Å²) in [5.41, 5.74) is 3.42. The molecule has 0 aliphatic carbocycles. The Morgan fingerprint density at radius 3 is 1.75 bits per heavy atom. The van der Waals surface area contributed by atoms with E-state index in [1.165, 1.54) is 0 Å². The molecule has 0 radical (unpaired) electrons. The first-order valence-electron chi connectivity index (χ1n) is 14.4. The molecule has 2 amide bonds. The van der Waals surface area contributed by atoms with E-state index in [0.29, 0.717) is 30.4 Å². The number of ether oxygens (including phenoxy) is 3. The zero-order valence-corrected chi connectivity index (χ0v) is 24.2. The Morgan fingerprint density at radius 1 is 0.568 bits per heavy atom. The summed E-state index contributed by atoms with van der Waals surface area (Å²) in [5.74, 6) is 1.40. The van der Waals surface area contributed by atoms with Gasteiger partial charge in [0.1, 0.15) is 29.9 Å². The predicted octanol–water partition coefficient (Wildman–Crippen LogP) is 6.94. The number of amides is 2. The van der Waals surface area contributed by atoms with E-state index in [2.05, 4.69) is 10.6 Å². The number of nitrogens with one attached hydrogen (secondary N) is 2. The predicted molar refractivity (Wildman–Crippen MR) is 171 cm³/mol. The Balaban J connectivity index is 1.17. The standard InChI is InChI=1S/C37H34N2O5/c40-36(24-28-16-20-32(21-17-28)43-26-30-12-6-2-7-13-30)39-35(27-42-25-29-10-4-1-5-11-29)37(41)38-31-18-22-34(23-19-31)44-33-14-8-3-9-15-33/h1-23,35H,24-27H2,(H,38,41)(H,39,40). The van der Waals surface area contributed by atoms with Crippen molar-refractivity contribution in [3.8, 4) is 17.2 Å². The van der Waals surface area contributed by atoms with Gasteiger partial charge in [0.15, 0.2) is 0 Å². The number of hydrogen-bond acceptors (Lipinski definition) is 5. The van der Waals surface area contributed by atoms with Gasteiger partial charge >= 0.3 is 0 Å². The summed E-state index contributed by atoms with van der Waals surface area (Å²) < 4.78 is 17.5. The Hall–Kier alpha value is -5.40. The number of carbonyl (C=O) groups excluding carboxylic acids is 2. The maximum Gasteiger partial charge on any atom is 0.249 e. The minimum Gasteiger partial charge on any atom is -0.489 e. The number of hydrogen-bond donors (Lipinski definition) is 2. The highest BCUT2D eigenvalue weighted by molar-refractivity contribution is 5.97. The second kappa shape index (κ2) is 15.7. The molecule has 0 heterocycles. The Kier molecular flexibility index (Phi) is 10.7. The summed E-state index contributed by atoms with van der Waals surface area (Å²) in [6, 6.07) is 42.5. The van der Waals surface area contributed by atoms with E-state index < -0.39 is 6.04 Å². The van der Waals surface area contributed by atoms with Crippen LogP contribution in [0, 0.1) is 0 Å². The van der Waals surface area contributed by atoms with Crippen LogP contribution in [0.15, 0.2) is 140 Å². The lowest BCUT2D eigenvalue weighted by molar-refractivity contribution is -0.127. The molecular weight excluding hydrogens is 552 g/mol. The van der Waals surface area contributed by atoms with E-state index in [-0.39, 0.29) is 24.8 Å². The maximum atomic E-state index is 13.3. The van der Waals surface area contributed by atoms with Gasteiger partial charge in [-0.2, -0.15) is 0 Å². The van der Waals surface area contributed by atoms with Gasteiger partial charge in [0.05, 0.1) is 19.6 Å².